The summed E-state index contributed by atoms with van der Waals surface area (Å²) in [5, 5.41) is 9.14. The Morgan fingerprint density at radius 1 is 1.54 bits per heavy atom. The first-order chi connectivity index (χ1) is 6.15. The zero-order chi connectivity index (χ0) is 9.84. The first-order valence-electron chi connectivity index (χ1n) is 3.97. The van der Waals surface area contributed by atoms with Crippen LogP contribution in [0.5, 0.6) is 5.75 Å². The number of rotatable bonds is 3. The Morgan fingerprint density at radius 3 is 2.85 bits per heavy atom. The molecule has 2 nitrogen and oxygen atoms in total. The predicted octanol–water partition coefficient (Wildman–Crippen LogP) is 2.51. The van der Waals surface area contributed by atoms with Crippen molar-refractivity contribution in [2.45, 2.75) is 12.6 Å². The quantitative estimate of drug-likeness (QED) is 0.863. The van der Waals surface area contributed by atoms with Gasteiger partial charge >= 0.3 is 0 Å². The van der Waals surface area contributed by atoms with Crippen LogP contribution in [0.3, 0.4) is 0 Å². The molecule has 0 radical (unpaired) electrons. The lowest BCUT2D eigenvalue weighted by atomic mass is 10.1. The third kappa shape index (κ3) is 2.67. The van der Waals surface area contributed by atoms with Crippen LogP contribution in [0, 0.1) is 0 Å². The summed E-state index contributed by atoms with van der Waals surface area (Å²) in [5.41, 5.74) is 5.69. The van der Waals surface area contributed by atoms with Gasteiger partial charge in [-0.25, -0.2) is 4.39 Å². The minimum Gasteiger partial charge on any atom is -0.508 e. The first kappa shape index (κ1) is 10.5. The normalized spacial score (nSPS) is 12.8. The van der Waals surface area contributed by atoms with Crippen molar-refractivity contribution in [1.82, 2.24) is 0 Å². The average molecular weight is 248 g/mol. The molecule has 1 aromatic carbocycles. The number of nitrogens with two attached hydrogens (primary N) is 1. The highest BCUT2D eigenvalue weighted by Crippen LogP contribution is 2.30. The number of hydrogen-bond acceptors (Lipinski definition) is 2. The average Bonchev–Trinajstić information content (AvgIpc) is 2.09. The summed E-state index contributed by atoms with van der Waals surface area (Å²) >= 11 is 3.21. The molecule has 0 spiro atoms. The van der Waals surface area contributed by atoms with Crippen LogP contribution in [-0.2, 0) is 0 Å². The fourth-order valence-electron chi connectivity index (χ4n) is 1.07. The molecule has 13 heavy (non-hydrogen) atoms. The standard InChI is InChI=1S/C9H11BrFNO/c10-8-2-1-6(13)5-7(8)9(11)3-4-12/h1-2,5,9,13H,3-4,12H2. The van der Waals surface area contributed by atoms with Gasteiger partial charge in [0.15, 0.2) is 0 Å². The molecule has 72 valence electrons. The molecular weight excluding hydrogens is 237 g/mol. The van der Waals surface area contributed by atoms with Crippen molar-refractivity contribution in [1.29, 1.82) is 0 Å². The molecule has 0 aliphatic rings. The summed E-state index contributed by atoms with van der Waals surface area (Å²) in [4.78, 5) is 0. The van der Waals surface area contributed by atoms with Gasteiger partial charge in [-0.2, -0.15) is 0 Å². The van der Waals surface area contributed by atoms with E-state index in [0.717, 1.165) is 0 Å². The van der Waals surface area contributed by atoms with Crippen LogP contribution >= 0.6 is 15.9 Å². The second-order valence-electron chi connectivity index (χ2n) is 2.75. The van der Waals surface area contributed by atoms with Crippen LogP contribution < -0.4 is 5.73 Å². The Morgan fingerprint density at radius 2 is 2.23 bits per heavy atom. The highest BCUT2D eigenvalue weighted by Gasteiger charge is 2.12. The molecule has 1 aromatic rings. The molecule has 0 saturated carbocycles. The Hall–Kier alpha value is -0.610. The molecule has 3 N–H and O–H groups in total. The van der Waals surface area contributed by atoms with Gasteiger partial charge in [0.25, 0.3) is 0 Å². The van der Waals surface area contributed by atoms with Crippen molar-refractivity contribution >= 4 is 15.9 Å². The van der Waals surface area contributed by atoms with Crippen molar-refractivity contribution in [2.75, 3.05) is 6.54 Å². The van der Waals surface area contributed by atoms with Crippen LogP contribution in [0.15, 0.2) is 22.7 Å². The van der Waals surface area contributed by atoms with E-state index in [4.69, 9.17) is 10.8 Å². The second-order valence-corrected chi connectivity index (χ2v) is 3.61. The summed E-state index contributed by atoms with van der Waals surface area (Å²) in [6.07, 6.45) is -0.853. The Balaban J connectivity index is 2.91. The molecule has 0 aliphatic carbocycles. The van der Waals surface area contributed by atoms with E-state index in [9.17, 15) is 4.39 Å². The number of phenolic OH excluding ortho intramolecular Hbond substituents is 1. The highest BCUT2D eigenvalue weighted by molar-refractivity contribution is 9.10. The zero-order valence-corrected chi connectivity index (χ0v) is 8.59. The minimum absolute atomic E-state index is 0.0675. The Kier molecular flexibility index (Phi) is 3.69. The predicted molar refractivity (Wildman–Crippen MR) is 53.3 cm³/mol. The maximum atomic E-state index is 13.4. The van der Waals surface area contributed by atoms with Crippen molar-refractivity contribution in [3.05, 3.63) is 28.2 Å². The van der Waals surface area contributed by atoms with Gasteiger partial charge in [-0.1, -0.05) is 15.9 Å². The topological polar surface area (TPSA) is 46.2 Å². The summed E-state index contributed by atoms with van der Waals surface area (Å²) < 4.78 is 14.0. The van der Waals surface area contributed by atoms with Crippen molar-refractivity contribution in [2.24, 2.45) is 5.73 Å². The number of halogens is 2. The van der Waals surface area contributed by atoms with Crippen LogP contribution in [0.2, 0.25) is 0 Å². The van der Waals surface area contributed by atoms with Crippen LogP contribution in [0.4, 0.5) is 4.39 Å². The lowest BCUT2D eigenvalue weighted by Gasteiger charge is -2.09. The van der Waals surface area contributed by atoms with E-state index in [-0.39, 0.29) is 12.2 Å². The van der Waals surface area contributed by atoms with Gasteiger partial charge in [0.2, 0.25) is 0 Å². The van der Waals surface area contributed by atoms with Gasteiger partial charge in [0, 0.05) is 10.0 Å². The lowest BCUT2D eigenvalue weighted by Crippen LogP contribution is -2.04. The van der Waals surface area contributed by atoms with Crippen molar-refractivity contribution < 1.29 is 9.50 Å². The number of aromatic hydroxyl groups is 1. The van der Waals surface area contributed by atoms with E-state index in [1.165, 1.54) is 12.1 Å². The summed E-state index contributed by atoms with van der Waals surface area (Å²) in [6, 6.07) is 4.53. The maximum Gasteiger partial charge on any atom is 0.128 e. The van der Waals surface area contributed by atoms with Gasteiger partial charge < -0.3 is 10.8 Å². The van der Waals surface area contributed by atoms with Crippen molar-refractivity contribution in [3.63, 3.8) is 0 Å². The molecule has 0 aromatic heterocycles. The lowest BCUT2D eigenvalue weighted by molar-refractivity contribution is 0.325. The highest BCUT2D eigenvalue weighted by atomic mass is 79.9. The maximum absolute atomic E-state index is 13.4. The van der Waals surface area contributed by atoms with E-state index < -0.39 is 6.17 Å². The molecule has 0 bridgehead atoms. The van der Waals surface area contributed by atoms with E-state index >= 15 is 0 Å². The molecular formula is C9H11BrFNO. The number of alkyl halides is 1. The smallest absolute Gasteiger partial charge is 0.128 e. The zero-order valence-electron chi connectivity index (χ0n) is 7.00. The molecule has 0 saturated heterocycles. The molecule has 4 heteroatoms. The minimum atomic E-state index is -1.12. The van der Waals surface area contributed by atoms with Gasteiger partial charge in [-0.05, 0) is 31.2 Å². The van der Waals surface area contributed by atoms with Crippen molar-refractivity contribution in [3.8, 4) is 5.75 Å². The fourth-order valence-corrected chi connectivity index (χ4v) is 1.57. The fraction of sp³-hybridized carbons (Fsp3) is 0.333. The first-order valence-corrected chi connectivity index (χ1v) is 4.77. The third-order valence-electron chi connectivity index (χ3n) is 1.74. The molecule has 0 aliphatic heterocycles. The molecule has 1 unspecified atom stereocenters. The van der Waals surface area contributed by atoms with Crippen LogP contribution in [0.1, 0.15) is 18.2 Å². The molecule has 0 heterocycles. The van der Waals surface area contributed by atoms with E-state index in [1.807, 2.05) is 0 Å². The monoisotopic (exact) mass is 247 g/mol. The number of hydrogen-bond donors (Lipinski definition) is 2. The van der Waals surface area contributed by atoms with Crippen LogP contribution in [0.25, 0.3) is 0 Å². The van der Waals surface area contributed by atoms with Crippen LogP contribution in [-0.4, -0.2) is 11.7 Å². The van der Waals surface area contributed by atoms with Gasteiger partial charge in [0.05, 0.1) is 0 Å². The summed E-state index contributed by atoms with van der Waals surface area (Å²) in [7, 11) is 0. The van der Waals surface area contributed by atoms with E-state index in [1.54, 1.807) is 6.07 Å². The largest absolute Gasteiger partial charge is 0.508 e. The number of phenols is 1. The Labute approximate surface area is 84.7 Å². The van der Waals surface area contributed by atoms with Gasteiger partial charge in [-0.3, -0.25) is 0 Å². The summed E-state index contributed by atoms with van der Waals surface area (Å²) in [6.45, 7) is 0.295. The second kappa shape index (κ2) is 4.58. The van der Waals surface area contributed by atoms with E-state index in [2.05, 4.69) is 15.9 Å². The van der Waals surface area contributed by atoms with E-state index in [0.29, 0.717) is 16.6 Å². The molecule has 0 amide bonds. The molecule has 0 fully saturated rings. The molecule has 1 atom stereocenters. The van der Waals surface area contributed by atoms with Gasteiger partial charge in [0.1, 0.15) is 11.9 Å². The Bertz CT molecular complexity index is 293. The number of benzene rings is 1. The SMILES string of the molecule is NCCC(F)c1cc(O)ccc1Br. The van der Waals surface area contributed by atoms with Gasteiger partial charge in [-0.15, -0.1) is 0 Å². The third-order valence-corrected chi connectivity index (χ3v) is 2.46. The molecule has 1 rings (SSSR count). The summed E-state index contributed by atoms with van der Waals surface area (Å²) in [5.74, 6) is 0.0675.